The van der Waals surface area contributed by atoms with E-state index in [9.17, 15) is 0 Å². The third-order valence-corrected chi connectivity index (χ3v) is 2.61. The van der Waals surface area contributed by atoms with Gasteiger partial charge >= 0.3 is 0 Å². The number of nitrogens with zero attached hydrogens (tertiary/aromatic N) is 2. The molecule has 0 bridgehead atoms. The van der Waals surface area contributed by atoms with Crippen LogP contribution in [0.15, 0.2) is 12.3 Å². The van der Waals surface area contributed by atoms with Crippen LogP contribution in [0.4, 0.5) is 5.95 Å². The number of rotatable bonds is 3. The summed E-state index contributed by atoms with van der Waals surface area (Å²) in [5.74, 6) is 0.722. The maximum atomic E-state index is 5.51. The van der Waals surface area contributed by atoms with Crippen LogP contribution in [0.1, 0.15) is 31.4 Å². The molecular weight excluding hydrogens is 176 g/mol. The van der Waals surface area contributed by atoms with Gasteiger partial charge in [0.25, 0.3) is 0 Å². The molecule has 1 heterocycles. The average molecular weight is 192 g/mol. The highest BCUT2D eigenvalue weighted by Crippen LogP contribution is 2.20. The third-order valence-electron chi connectivity index (χ3n) is 2.61. The summed E-state index contributed by atoms with van der Waals surface area (Å²) in [6.07, 6.45) is 6.85. The molecule has 0 spiro atoms. The molecule has 1 fully saturated rings. The van der Waals surface area contributed by atoms with Gasteiger partial charge in [-0.25, -0.2) is 9.97 Å². The van der Waals surface area contributed by atoms with Crippen molar-refractivity contribution in [1.29, 1.82) is 0 Å². The molecule has 0 aliphatic heterocycles. The molecule has 0 unspecified atom stereocenters. The van der Waals surface area contributed by atoms with E-state index in [-0.39, 0.29) is 0 Å². The zero-order valence-electron chi connectivity index (χ0n) is 8.24. The van der Waals surface area contributed by atoms with Crippen molar-refractivity contribution >= 4 is 5.95 Å². The molecule has 14 heavy (non-hydrogen) atoms. The molecular formula is C10H16N4. The molecule has 4 nitrogen and oxygen atoms in total. The van der Waals surface area contributed by atoms with Gasteiger partial charge in [-0.2, -0.15) is 0 Å². The van der Waals surface area contributed by atoms with Gasteiger partial charge in [0.1, 0.15) is 0 Å². The van der Waals surface area contributed by atoms with Gasteiger partial charge in [0, 0.05) is 18.8 Å². The maximum absolute atomic E-state index is 5.51. The number of anilines is 1. The van der Waals surface area contributed by atoms with Crippen LogP contribution in [-0.2, 0) is 6.54 Å². The third kappa shape index (κ3) is 2.20. The molecule has 0 radical (unpaired) electrons. The Morgan fingerprint density at radius 1 is 1.43 bits per heavy atom. The number of nitrogens with one attached hydrogen (secondary N) is 1. The standard InChI is InChI=1S/C10H16N4/c11-7-9-5-6-12-10(14-9)13-8-3-1-2-4-8/h5-6,8H,1-4,7,11H2,(H,12,13,14). The van der Waals surface area contributed by atoms with Crippen LogP contribution in [0.25, 0.3) is 0 Å². The lowest BCUT2D eigenvalue weighted by Gasteiger charge is -2.11. The van der Waals surface area contributed by atoms with Gasteiger partial charge in [-0.15, -0.1) is 0 Å². The lowest BCUT2D eigenvalue weighted by molar-refractivity contribution is 0.741. The van der Waals surface area contributed by atoms with Crippen molar-refractivity contribution in [1.82, 2.24) is 9.97 Å². The van der Waals surface area contributed by atoms with E-state index in [0.29, 0.717) is 12.6 Å². The molecule has 4 heteroatoms. The second-order valence-corrected chi connectivity index (χ2v) is 3.70. The first kappa shape index (κ1) is 9.40. The van der Waals surface area contributed by atoms with E-state index < -0.39 is 0 Å². The minimum atomic E-state index is 0.474. The first-order valence-corrected chi connectivity index (χ1v) is 5.17. The fraction of sp³-hybridized carbons (Fsp3) is 0.600. The lowest BCUT2D eigenvalue weighted by atomic mass is 10.2. The molecule has 0 saturated heterocycles. The Hall–Kier alpha value is -1.16. The molecule has 2 rings (SSSR count). The van der Waals surface area contributed by atoms with E-state index in [0.717, 1.165) is 11.6 Å². The lowest BCUT2D eigenvalue weighted by Crippen LogP contribution is -2.17. The molecule has 1 aliphatic carbocycles. The quantitative estimate of drug-likeness (QED) is 0.757. The minimum absolute atomic E-state index is 0.474. The van der Waals surface area contributed by atoms with Crippen LogP contribution in [0.2, 0.25) is 0 Å². The molecule has 76 valence electrons. The van der Waals surface area contributed by atoms with Gasteiger partial charge < -0.3 is 11.1 Å². The SMILES string of the molecule is NCc1ccnc(NC2CCCC2)n1. The normalized spacial score (nSPS) is 17.2. The molecule has 1 saturated carbocycles. The highest BCUT2D eigenvalue weighted by Gasteiger charge is 2.15. The van der Waals surface area contributed by atoms with Crippen LogP contribution >= 0.6 is 0 Å². The predicted molar refractivity (Wildman–Crippen MR) is 55.8 cm³/mol. The average Bonchev–Trinajstić information content (AvgIpc) is 2.71. The van der Waals surface area contributed by atoms with Crippen molar-refractivity contribution in [3.05, 3.63) is 18.0 Å². The van der Waals surface area contributed by atoms with Crippen LogP contribution < -0.4 is 11.1 Å². The zero-order chi connectivity index (χ0) is 9.80. The topological polar surface area (TPSA) is 63.8 Å². The second-order valence-electron chi connectivity index (χ2n) is 3.70. The predicted octanol–water partition coefficient (Wildman–Crippen LogP) is 1.29. The Balaban J connectivity index is 2.00. The van der Waals surface area contributed by atoms with Crippen molar-refractivity contribution in [2.24, 2.45) is 5.73 Å². The van der Waals surface area contributed by atoms with E-state index in [4.69, 9.17) is 5.73 Å². The van der Waals surface area contributed by atoms with Crippen LogP contribution in [0.3, 0.4) is 0 Å². The van der Waals surface area contributed by atoms with Crippen molar-refractivity contribution in [2.75, 3.05) is 5.32 Å². The largest absolute Gasteiger partial charge is 0.351 e. The minimum Gasteiger partial charge on any atom is -0.351 e. The summed E-state index contributed by atoms with van der Waals surface area (Å²) in [5, 5.41) is 3.34. The van der Waals surface area contributed by atoms with Crippen LogP contribution in [0, 0.1) is 0 Å². The van der Waals surface area contributed by atoms with Gasteiger partial charge in [-0.05, 0) is 18.9 Å². The van der Waals surface area contributed by atoms with Crippen molar-refractivity contribution in [3.8, 4) is 0 Å². The Morgan fingerprint density at radius 2 is 2.21 bits per heavy atom. The molecule has 1 aromatic heterocycles. The van der Waals surface area contributed by atoms with Crippen molar-refractivity contribution in [2.45, 2.75) is 38.3 Å². The molecule has 3 N–H and O–H groups in total. The van der Waals surface area contributed by atoms with Gasteiger partial charge in [-0.3, -0.25) is 0 Å². The Bertz CT molecular complexity index is 294. The summed E-state index contributed by atoms with van der Waals surface area (Å²) in [6, 6.07) is 2.41. The fourth-order valence-corrected chi connectivity index (χ4v) is 1.83. The molecule has 0 amide bonds. The zero-order valence-corrected chi connectivity index (χ0v) is 8.24. The van der Waals surface area contributed by atoms with Crippen molar-refractivity contribution in [3.63, 3.8) is 0 Å². The highest BCUT2D eigenvalue weighted by atomic mass is 15.1. The fourth-order valence-electron chi connectivity index (χ4n) is 1.83. The van der Waals surface area contributed by atoms with E-state index in [1.807, 2.05) is 6.07 Å². The highest BCUT2D eigenvalue weighted by molar-refractivity contribution is 5.27. The maximum Gasteiger partial charge on any atom is 0.223 e. The number of nitrogens with two attached hydrogens (primary N) is 1. The molecule has 0 aromatic carbocycles. The number of aromatic nitrogens is 2. The summed E-state index contributed by atoms with van der Waals surface area (Å²) in [4.78, 5) is 8.48. The van der Waals surface area contributed by atoms with Crippen LogP contribution in [0.5, 0.6) is 0 Å². The Morgan fingerprint density at radius 3 is 2.93 bits per heavy atom. The monoisotopic (exact) mass is 192 g/mol. The van der Waals surface area contributed by atoms with Gasteiger partial charge in [-0.1, -0.05) is 12.8 Å². The first-order valence-electron chi connectivity index (χ1n) is 5.17. The van der Waals surface area contributed by atoms with Crippen molar-refractivity contribution < 1.29 is 0 Å². The summed E-state index contributed by atoms with van der Waals surface area (Å²) in [5.41, 5.74) is 6.40. The summed E-state index contributed by atoms with van der Waals surface area (Å²) in [6.45, 7) is 0.474. The van der Waals surface area contributed by atoms with E-state index in [2.05, 4.69) is 15.3 Å². The Labute approximate surface area is 83.9 Å². The molecule has 1 aliphatic rings. The van der Waals surface area contributed by atoms with Gasteiger partial charge in [0.05, 0.1) is 5.69 Å². The van der Waals surface area contributed by atoms with E-state index in [1.165, 1.54) is 25.7 Å². The van der Waals surface area contributed by atoms with E-state index >= 15 is 0 Å². The van der Waals surface area contributed by atoms with E-state index in [1.54, 1.807) is 6.20 Å². The smallest absolute Gasteiger partial charge is 0.223 e. The summed E-state index contributed by atoms with van der Waals surface area (Å²) < 4.78 is 0. The number of hydrogen-bond acceptors (Lipinski definition) is 4. The molecule has 1 aromatic rings. The number of hydrogen-bond donors (Lipinski definition) is 2. The van der Waals surface area contributed by atoms with Gasteiger partial charge in [0.15, 0.2) is 0 Å². The Kier molecular flexibility index (Phi) is 2.93. The van der Waals surface area contributed by atoms with Crippen LogP contribution in [-0.4, -0.2) is 16.0 Å². The second kappa shape index (κ2) is 4.37. The first-order chi connectivity index (χ1) is 6.88. The summed E-state index contributed by atoms with van der Waals surface area (Å²) >= 11 is 0. The van der Waals surface area contributed by atoms with Gasteiger partial charge in [0.2, 0.25) is 5.95 Å². The molecule has 0 atom stereocenters. The summed E-state index contributed by atoms with van der Waals surface area (Å²) in [7, 11) is 0.